The lowest BCUT2D eigenvalue weighted by Crippen LogP contribution is -2.45. The predicted molar refractivity (Wildman–Crippen MR) is 158 cm³/mol. The predicted octanol–water partition coefficient (Wildman–Crippen LogP) is 6.81. The van der Waals surface area contributed by atoms with E-state index < -0.39 is 0 Å². The van der Waals surface area contributed by atoms with Gasteiger partial charge in [-0.15, -0.1) is 10.2 Å². The number of piperazine rings is 1. The van der Waals surface area contributed by atoms with Gasteiger partial charge in [-0.2, -0.15) is 0 Å². The van der Waals surface area contributed by atoms with Crippen molar-refractivity contribution in [3.05, 3.63) is 48.1 Å². The molecular formula is C29H51N5O. The van der Waals surface area contributed by atoms with E-state index in [-0.39, 0.29) is 5.75 Å². The van der Waals surface area contributed by atoms with Crippen molar-refractivity contribution in [3.63, 3.8) is 0 Å². The summed E-state index contributed by atoms with van der Waals surface area (Å²) in [6, 6.07) is 5.46. The number of aliphatic imine (C=N–C) groups is 1. The van der Waals surface area contributed by atoms with Gasteiger partial charge >= 0.3 is 0 Å². The van der Waals surface area contributed by atoms with Crippen molar-refractivity contribution in [3.8, 4) is 5.75 Å². The first-order chi connectivity index (χ1) is 16.7. The Hall–Kier alpha value is -2.73. The molecule has 1 aliphatic heterocycles. The Labute approximate surface area is 215 Å². The highest BCUT2D eigenvalue weighted by atomic mass is 16.3. The van der Waals surface area contributed by atoms with Crippen LogP contribution in [0.3, 0.4) is 0 Å². The summed E-state index contributed by atoms with van der Waals surface area (Å²) in [5, 5.41) is 22.4. The molecule has 0 unspecified atom stereocenters. The van der Waals surface area contributed by atoms with Crippen molar-refractivity contribution in [1.29, 1.82) is 0 Å². The number of hydrogen-bond acceptors (Lipinski definition) is 5. The topological polar surface area (TPSA) is 72.6 Å². The van der Waals surface area contributed by atoms with Crippen LogP contribution >= 0.6 is 0 Å². The molecule has 1 saturated heterocycles. The van der Waals surface area contributed by atoms with Crippen LogP contribution in [0, 0.1) is 5.92 Å². The van der Waals surface area contributed by atoms with Crippen LogP contribution < -0.4 is 5.32 Å². The highest BCUT2D eigenvalue weighted by Gasteiger charge is 2.12. The Morgan fingerprint density at radius 1 is 1.14 bits per heavy atom. The second-order valence-electron chi connectivity index (χ2n) is 8.38. The van der Waals surface area contributed by atoms with Crippen LogP contribution in [0.4, 0.5) is 0 Å². The number of amidine groups is 1. The van der Waals surface area contributed by atoms with Crippen molar-refractivity contribution in [2.24, 2.45) is 21.1 Å². The Morgan fingerprint density at radius 2 is 1.69 bits per heavy atom. The SMILES string of the molecule is C=C/C(=N\N=C(/C)N1CCNCC1)c1ccc(/C(C=NC)=C/C)cc1O.CC.CC(C)C.CCC. The van der Waals surface area contributed by atoms with E-state index in [1.165, 1.54) is 6.42 Å². The van der Waals surface area contributed by atoms with Crippen molar-refractivity contribution in [2.75, 3.05) is 33.2 Å². The summed E-state index contributed by atoms with van der Waals surface area (Å²) in [6.45, 7) is 26.2. The maximum Gasteiger partial charge on any atom is 0.125 e. The van der Waals surface area contributed by atoms with Crippen LogP contribution in [-0.4, -0.2) is 61.0 Å². The van der Waals surface area contributed by atoms with Gasteiger partial charge in [0.1, 0.15) is 11.6 Å². The largest absolute Gasteiger partial charge is 0.507 e. The molecule has 35 heavy (non-hydrogen) atoms. The lowest BCUT2D eigenvalue weighted by atomic mass is 10.0. The van der Waals surface area contributed by atoms with Gasteiger partial charge in [-0.25, -0.2) is 0 Å². The number of aromatic hydroxyl groups is 1. The molecule has 1 aliphatic rings. The molecule has 1 aromatic carbocycles. The van der Waals surface area contributed by atoms with E-state index in [0.29, 0.717) is 11.3 Å². The fourth-order valence-electron chi connectivity index (χ4n) is 2.77. The number of phenols is 1. The molecule has 0 atom stereocenters. The number of benzene rings is 1. The Kier molecular flexibility index (Phi) is 21.4. The Morgan fingerprint density at radius 3 is 2.11 bits per heavy atom. The quantitative estimate of drug-likeness (QED) is 0.273. The molecule has 6 heteroatoms. The fourth-order valence-corrected chi connectivity index (χ4v) is 2.77. The highest BCUT2D eigenvalue weighted by molar-refractivity contribution is 6.12. The van der Waals surface area contributed by atoms with Gasteiger partial charge in [0, 0.05) is 45.0 Å². The summed E-state index contributed by atoms with van der Waals surface area (Å²) in [5.41, 5.74) is 2.97. The third kappa shape index (κ3) is 15.0. The molecule has 0 spiro atoms. The second kappa shape index (κ2) is 21.8. The summed E-state index contributed by atoms with van der Waals surface area (Å²) in [4.78, 5) is 6.22. The molecular weight excluding hydrogens is 434 g/mol. The van der Waals surface area contributed by atoms with Crippen LogP contribution in [-0.2, 0) is 0 Å². The lowest BCUT2D eigenvalue weighted by molar-refractivity contribution is 0.355. The maximum absolute atomic E-state index is 10.5. The standard InChI is InChI=1S/C20H27N5O.C4H10.C3H8.C2H6/c1-5-16(14-21-4)17-7-8-18(20(26)13-17)19(6-2)24-23-15(3)25-11-9-22-10-12-25;1-4(2)3;1-3-2;1-2/h5-8,13-14,22,26H,2,9-12H2,1,3-4H3;4H,1-3H3;3H2,1-2H3;1-2H3/b16-5+,21-14?,23-15+,24-19+;;;. The van der Waals surface area contributed by atoms with Gasteiger partial charge in [0.15, 0.2) is 0 Å². The average molecular weight is 486 g/mol. The first-order valence-electron chi connectivity index (χ1n) is 12.9. The highest BCUT2D eigenvalue weighted by Crippen LogP contribution is 2.24. The monoisotopic (exact) mass is 485 g/mol. The first kappa shape index (κ1) is 34.4. The van der Waals surface area contributed by atoms with Crippen LogP contribution in [0.1, 0.15) is 79.9 Å². The molecule has 1 aromatic rings. The van der Waals surface area contributed by atoms with Crippen LogP contribution in [0.2, 0.25) is 0 Å². The second-order valence-corrected chi connectivity index (χ2v) is 8.38. The number of nitrogens with one attached hydrogen (secondary N) is 1. The molecule has 2 N–H and O–H groups in total. The van der Waals surface area contributed by atoms with Crippen LogP contribution in [0.5, 0.6) is 5.75 Å². The lowest BCUT2D eigenvalue weighted by Gasteiger charge is -2.28. The number of phenolic OH excluding ortho intramolecular Hbond substituents is 1. The zero-order chi connectivity index (χ0) is 27.2. The van der Waals surface area contributed by atoms with E-state index in [4.69, 9.17) is 0 Å². The van der Waals surface area contributed by atoms with E-state index >= 15 is 0 Å². The first-order valence-corrected chi connectivity index (χ1v) is 12.9. The van der Waals surface area contributed by atoms with Crippen molar-refractivity contribution in [2.45, 2.75) is 68.7 Å². The summed E-state index contributed by atoms with van der Waals surface area (Å²) in [6.07, 6.45) is 6.57. The molecule has 0 bridgehead atoms. The van der Waals surface area contributed by atoms with Gasteiger partial charge in [0.05, 0.1) is 5.71 Å². The van der Waals surface area contributed by atoms with Gasteiger partial charge in [-0.3, -0.25) is 4.99 Å². The zero-order valence-electron chi connectivity index (χ0n) is 24.0. The normalized spacial score (nSPS) is 14.4. The third-order valence-corrected chi connectivity index (χ3v) is 4.26. The van der Waals surface area contributed by atoms with E-state index in [2.05, 4.69) is 66.6 Å². The molecule has 0 radical (unpaired) electrons. The minimum Gasteiger partial charge on any atom is -0.507 e. The number of allylic oxidation sites excluding steroid dienone is 3. The summed E-state index contributed by atoms with van der Waals surface area (Å²) in [5.74, 6) is 1.83. The minimum absolute atomic E-state index is 0.139. The third-order valence-electron chi connectivity index (χ3n) is 4.26. The zero-order valence-corrected chi connectivity index (χ0v) is 24.0. The molecule has 1 fully saturated rings. The van der Waals surface area contributed by atoms with Crippen molar-refractivity contribution < 1.29 is 5.11 Å². The number of nitrogens with zero attached hydrogens (tertiary/aromatic N) is 4. The van der Waals surface area contributed by atoms with E-state index in [9.17, 15) is 5.11 Å². The van der Waals surface area contributed by atoms with Crippen LogP contribution in [0.15, 0.2) is 52.1 Å². The van der Waals surface area contributed by atoms with E-state index in [0.717, 1.165) is 49.1 Å². The minimum atomic E-state index is 0.139. The summed E-state index contributed by atoms with van der Waals surface area (Å²) in [7, 11) is 1.72. The molecule has 2 rings (SSSR count). The molecule has 0 amide bonds. The van der Waals surface area contributed by atoms with Crippen molar-refractivity contribution in [1.82, 2.24) is 10.2 Å². The summed E-state index contributed by atoms with van der Waals surface area (Å²) >= 11 is 0. The molecule has 1 heterocycles. The van der Waals surface area contributed by atoms with E-state index in [1.807, 2.05) is 45.9 Å². The van der Waals surface area contributed by atoms with Gasteiger partial charge in [0.25, 0.3) is 0 Å². The van der Waals surface area contributed by atoms with Gasteiger partial charge in [-0.1, -0.05) is 73.6 Å². The smallest absolute Gasteiger partial charge is 0.125 e. The maximum atomic E-state index is 10.5. The van der Waals surface area contributed by atoms with Gasteiger partial charge < -0.3 is 15.3 Å². The molecule has 6 nitrogen and oxygen atoms in total. The number of rotatable bonds is 5. The average Bonchev–Trinajstić information content (AvgIpc) is 2.85. The molecule has 0 aromatic heterocycles. The van der Waals surface area contributed by atoms with E-state index in [1.54, 1.807) is 25.4 Å². The molecule has 0 aliphatic carbocycles. The molecule has 198 valence electrons. The fraction of sp³-hybridized carbons (Fsp3) is 0.552. The number of hydrogen-bond donors (Lipinski definition) is 2. The Bertz CT molecular complexity index is 814. The van der Waals surface area contributed by atoms with Crippen molar-refractivity contribution >= 4 is 23.3 Å². The van der Waals surface area contributed by atoms with Gasteiger partial charge in [0.2, 0.25) is 0 Å². The van der Waals surface area contributed by atoms with Gasteiger partial charge in [-0.05, 0) is 49.1 Å². The molecule has 0 saturated carbocycles. The Balaban J connectivity index is 0. The summed E-state index contributed by atoms with van der Waals surface area (Å²) < 4.78 is 0. The van der Waals surface area contributed by atoms with Crippen LogP contribution in [0.25, 0.3) is 5.57 Å².